The lowest BCUT2D eigenvalue weighted by Gasteiger charge is -2.56. The number of carbonyl (C=O) groups is 1. The summed E-state index contributed by atoms with van der Waals surface area (Å²) in [5.41, 5.74) is 1.90. The van der Waals surface area contributed by atoms with Crippen molar-refractivity contribution in [3.8, 4) is 11.3 Å². The molecule has 0 atom stereocenters. The van der Waals surface area contributed by atoms with Gasteiger partial charge in [0.2, 0.25) is 0 Å². The Bertz CT molecular complexity index is 1260. The minimum atomic E-state index is -0.273. The molecule has 4 saturated carbocycles. The molecule has 2 saturated heterocycles. The lowest BCUT2D eigenvalue weighted by atomic mass is 9.54. The predicted octanol–water partition coefficient (Wildman–Crippen LogP) is 6.38. The number of aryl methyl sites for hydroxylation is 1. The van der Waals surface area contributed by atoms with Crippen molar-refractivity contribution >= 4 is 40.3 Å². The van der Waals surface area contributed by atoms with Gasteiger partial charge >= 0.3 is 0 Å². The molecule has 0 spiro atoms. The van der Waals surface area contributed by atoms with Crippen LogP contribution in [-0.4, -0.2) is 58.9 Å². The summed E-state index contributed by atoms with van der Waals surface area (Å²) in [5.74, 6) is 4.06. The molecule has 6 aliphatic rings. The fourth-order valence-electron chi connectivity index (χ4n) is 8.01. The van der Waals surface area contributed by atoms with E-state index in [1.807, 2.05) is 11.0 Å². The first-order valence-electron chi connectivity index (χ1n) is 14.5. The lowest BCUT2D eigenvalue weighted by molar-refractivity contribution is -0.130. The quantitative estimate of drug-likeness (QED) is 0.287. The Morgan fingerprint density at radius 1 is 1.03 bits per heavy atom. The summed E-state index contributed by atoms with van der Waals surface area (Å²) in [7, 11) is 0. The Morgan fingerprint density at radius 2 is 1.72 bits per heavy atom. The Labute approximate surface area is 239 Å². The van der Waals surface area contributed by atoms with Crippen molar-refractivity contribution in [2.75, 3.05) is 32.8 Å². The number of hydrogen-bond donors (Lipinski definition) is 0. The van der Waals surface area contributed by atoms with Gasteiger partial charge in [-0.3, -0.25) is 14.6 Å². The zero-order valence-corrected chi connectivity index (χ0v) is 23.8. The number of thioether (sulfide) groups is 1. The van der Waals surface area contributed by atoms with Gasteiger partial charge in [0.15, 0.2) is 0 Å². The topological polar surface area (TPSA) is 45.9 Å². The third kappa shape index (κ3) is 5.14. The van der Waals surface area contributed by atoms with Gasteiger partial charge in [0.05, 0.1) is 18.1 Å². The number of rotatable bonds is 7. The second-order valence-electron chi connectivity index (χ2n) is 12.0. The van der Waals surface area contributed by atoms with Crippen LogP contribution in [0.5, 0.6) is 0 Å². The van der Waals surface area contributed by atoms with Gasteiger partial charge in [-0.15, -0.1) is 0 Å². The van der Waals surface area contributed by atoms with E-state index in [0.717, 1.165) is 68.7 Å². The van der Waals surface area contributed by atoms with Crippen molar-refractivity contribution in [3.05, 3.63) is 52.4 Å². The third-order valence-electron chi connectivity index (χ3n) is 9.56. The summed E-state index contributed by atoms with van der Waals surface area (Å²) in [6, 6.07) is 8.69. The van der Waals surface area contributed by atoms with Crippen LogP contribution in [0.25, 0.3) is 17.4 Å². The van der Waals surface area contributed by atoms with Crippen molar-refractivity contribution in [2.45, 2.75) is 51.0 Å². The van der Waals surface area contributed by atoms with Gasteiger partial charge in [0.25, 0.3) is 5.91 Å². The zero-order valence-electron chi connectivity index (χ0n) is 22.1. The first kappa shape index (κ1) is 25.9. The molecule has 1 aromatic heterocycles. The average Bonchev–Trinajstić information content (AvgIpc) is 3.45. The summed E-state index contributed by atoms with van der Waals surface area (Å²) in [4.78, 5) is 18.9. The number of nitrogens with zero attached hydrogens (tertiary/aromatic N) is 2. The minimum absolute atomic E-state index is 0.0430. The molecule has 8 rings (SSSR count). The van der Waals surface area contributed by atoms with Crippen molar-refractivity contribution in [3.63, 3.8) is 0 Å². The van der Waals surface area contributed by atoms with Crippen molar-refractivity contribution < 1.29 is 18.3 Å². The maximum absolute atomic E-state index is 13.8. The number of morpholine rings is 1. The smallest absolute Gasteiger partial charge is 0.266 e. The molecule has 4 bridgehead atoms. The number of carbonyl (C=O) groups excluding carboxylic acids is 1. The Balaban J connectivity index is 1.14. The van der Waals surface area contributed by atoms with E-state index in [0.29, 0.717) is 32.6 Å². The summed E-state index contributed by atoms with van der Waals surface area (Å²) >= 11 is 7.25. The summed E-state index contributed by atoms with van der Waals surface area (Å²) in [5, 5.41) is 0. The Kier molecular flexibility index (Phi) is 7.16. The van der Waals surface area contributed by atoms with Crippen molar-refractivity contribution in [1.29, 1.82) is 0 Å². The van der Waals surface area contributed by atoms with Crippen LogP contribution in [0.15, 0.2) is 39.7 Å². The van der Waals surface area contributed by atoms with Crippen molar-refractivity contribution in [1.82, 2.24) is 9.80 Å². The SMILES string of the molecule is O=C1/C(=C/c2oc(-c3ccc(F)cc3)cc2CCCN2CCOCC2)SC(=S)N1C1C2CC3CC(C2)CC1C3. The standard InChI is InChI=1S/C31H35FN2O3S2/c32-25-5-3-21(4-6-25)26-17-22(2-1-7-33-8-10-36-11-9-33)27(37-26)18-28-30(35)34(31(38)39-28)29-23-13-19-12-20(15-23)16-24(29)14-19/h3-6,17-20,23-24,29H,1-2,7-16H2/b28-18-. The number of benzene rings is 1. The highest BCUT2D eigenvalue weighted by atomic mass is 32.2. The highest BCUT2D eigenvalue weighted by Gasteiger charge is 2.53. The number of thiocarbonyl (C=S) groups is 1. The number of hydrogen-bond acceptors (Lipinski definition) is 6. The van der Waals surface area contributed by atoms with E-state index in [-0.39, 0.29) is 17.8 Å². The predicted molar refractivity (Wildman–Crippen MR) is 156 cm³/mol. The van der Waals surface area contributed by atoms with Crippen LogP contribution >= 0.6 is 24.0 Å². The molecule has 3 heterocycles. The first-order chi connectivity index (χ1) is 19.0. The van der Waals surface area contributed by atoms with Gasteiger partial charge in [-0.2, -0.15) is 0 Å². The van der Waals surface area contributed by atoms with E-state index >= 15 is 0 Å². The normalized spacial score (nSPS) is 31.7. The molecular weight excluding hydrogens is 531 g/mol. The third-order valence-corrected chi connectivity index (χ3v) is 10.9. The summed E-state index contributed by atoms with van der Waals surface area (Å²) < 4.78 is 26.1. The second-order valence-corrected chi connectivity index (χ2v) is 13.7. The fourth-order valence-corrected chi connectivity index (χ4v) is 9.33. The van der Waals surface area contributed by atoms with Crippen LogP contribution in [0.2, 0.25) is 0 Å². The number of halogens is 1. The van der Waals surface area contributed by atoms with Gasteiger partial charge in [-0.1, -0.05) is 24.0 Å². The van der Waals surface area contributed by atoms with E-state index in [4.69, 9.17) is 21.4 Å². The van der Waals surface area contributed by atoms with E-state index in [1.165, 1.54) is 56.0 Å². The number of ether oxygens (including phenoxy) is 1. The molecule has 0 unspecified atom stereocenters. The molecule has 1 amide bonds. The van der Waals surface area contributed by atoms with E-state index in [1.54, 1.807) is 12.1 Å². The van der Waals surface area contributed by atoms with Crippen LogP contribution in [-0.2, 0) is 16.0 Å². The maximum Gasteiger partial charge on any atom is 0.266 e. The second kappa shape index (κ2) is 10.8. The number of amides is 1. The van der Waals surface area contributed by atoms with Crippen LogP contribution in [0, 0.1) is 29.5 Å². The highest BCUT2D eigenvalue weighted by molar-refractivity contribution is 8.26. The zero-order chi connectivity index (χ0) is 26.5. The van der Waals surface area contributed by atoms with Gasteiger partial charge in [0.1, 0.15) is 21.7 Å². The summed E-state index contributed by atoms with van der Waals surface area (Å²) in [6.07, 6.45) is 10.1. The summed E-state index contributed by atoms with van der Waals surface area (Å²) in [6.45, 7) is 4.50. The first-order valence-corrected chi connectivity index (χ1v) is 15.7. The maximum atomic E-state index is 13.8. The number of furan rings is 1. The molecule has 0 N–H and O–H groups in total. The molecule has 39 heavy (non-hydrogen) atoms. The van der Waals surface area contributed by atoms with Crippen LogP contribution < -0.4 is 0 Å². The molecule has 0 radical (unpaired) electrons. The molecular formula is C31H35FN2O3S2. The van der Waals surface area contributed by atoms with E-state index in [9.17, 15) is 9.18 Å². The highest BCUT2D eigenvalue weighted by Crippen LogP contribution is 2.56. The molecule has 2 aliphatic heterocycles. The molecule has 206 valence electrons. The van der Waals surface area contributed by atoms with Gasteiger partial charge in [-0.05, 0) is 111 Å². The van der Waals surface area contributed by atoms with Crippen LogP contribution in [0.1, 0.15) is 49.8 Å². The molecule has 1 aromatic carbocycles. The fraction of sp³-hybridized carbons (Fsp3) is 0.548. The molecule has 2 aromatic rings. The minimum Gasteiger partial charge on any atom is -0.456 e. The molecule has 4 aliphatic carbocycles. The van der Waals surface area contributed by atoms with Gasteiger partial charge in [-0.25, -0.2) is 4.39 Å². The molecule has 6 fully saturated rings. The lowest BCUT2D eigenvalue weighted by Crippen LogP contribution is -2.57. The van der Waals surface area contributed by atoms with E-state index < -0.39 is 0 Å². The van der Waals surface area contributed by atoms with Crippen molar-refractivity contribution in [2.24, 2.45) is 23.7 Å². The molecule has 5 nitrogen and oxygen atoms in total. The van der Waals surface area contributed by atoms with E-state index in [2.05, 4.69) is 11.0 Å². The van der Waals surface area contributed by atoms with Gasteiger partial charge in [0, 0.05) is 30.8 Å². The van der Waals surface area contributed by atoms with Crippen LogP contribution in [0.3, 0.4) is 0 Å². The Morgan fingerprint density at radius 3 is 2.41 bits per heavy atom. The molecule has 8 heteroatoms. The largest absolute Gasteiger partial charge is 0.456 e. The monoisotopic (exact) mass is 566 g/mol. The Hall–Kier alpha value is -2.00. The van der Waals surface area contributed by atoms with Gasteiger partial charge < -0.3 is 9.15 Å². The van der Waals surface area contributed by atoms with Crippen LogP contribution in [0.4, 0.5) is 4.39 Å². The average molecular weight is 567 g/mol.